The lowest BCUT2D eigenvalue weighted by Gasteiger charge is -2.31. The molecular weight excluding hydrogens is 448 g/mol. The maximum Gasteiger partial charge on any atom is 0.340 e. The van der Waals surface area contributed by atoms with Crippen LogP contribution in [0.5, 0.6) is 11.5 Å². The maximum atomic E-state index is 13.2. The van der Waals surface area contributed by atoms with Crippen molar-refractivity contribution in [1.82, 2.24) is 0 Å². The molecule has 1 aliphatic heterocycles. The first kappa shape index (κ1) is 22.2. The minimum Gasteiger partial charge on any atom is -0.507 e. The van der Waals surface area contributed by atoms with Gasteiger partial charge in [-0.05, 0) is 102 Å². The number of cyclic esters (lactones) is 1. The molecule has 5 aromatic carbocycles. The SMILES string of the molecule is Cc1cc2cc(C3(c4ccc5c(C)c(O)c(C)cc5c4)OC(=O)c4ccccc43)ccc2c(C)c1O. The van der Waals surface area contributed by atoms with Crippen molar-refractivity contribution >= 4 is 27.5 Å². The van der Waals surface area contributed by atoms with Crippen molar-refractivity contribution < 1.29 is 19.7 Å². The second kappa shape index (κ2) is 7.59. The van der Waals surface area contributed by atoms with Crippen LogP contribution in [0.25, 0.3) is 21.5 Å². The molecule has 0 unspecified atom stereocenters. The quantitative estimate of drug-likeness (QED) is 0.268. The highest BCUT2D eigenvalue weighted by atomic mass is 16.6. The highest BCUT2D eigenvalue weighted by Gasteiger charge is 2.48. The smallest absolute Gasteiger partial charge is 0.340 e. The molecule has 0 saturated heterocycles. The number of carbonyl (C=O) groups is 1. The van der Waals surface area contributed by atoms with Gasteiger partial charge >= 0.3 is 5.97 Å². The predicted octanol–water partition coefficient (Wildman–Crippen LogP) is 7.10. The van der Waals surface area contributed by atoms with Crippen molar-refractivity contribution in [1.29, 1.82) is 0 Å². The Labute approximate surface area is 209 Å². The average molecular weight is 475 g/mol. The molecule has 0 saturated carbocycles. The number of rotatable bonds is 2. The van der Waals surface area contributed by atoms with E-state index in [0.717, 1.165) is 60.5 Å². The third-order valence-electron chi connectivity index (χ3n) is 7.70. The van der Waals surface area contributed by atoms with Crippen LogP contribution in [-0.2, 0) is 10.3 Å². The van der Waals surface area contributed by atoms with E-state index in [0.29, 0.717) is 17.1 Å². The molecule has 0 aromatic heterocycles. The van der Waals surface area contributed by atoms with Crippen LogP contribution < -0.4 is 0 Å². The number of aromatic hydroxyl groups is 2. The molecule has 0 atom stereocenters. The Bertz CT molecular complexity index is 1650. The van der Waals surface area contributed by atoms with Crippen molar-refractivity contribution in [3.63, 3.8) is 0 Å². The second-order valence-electron chi connectivity index (χ2n) is 9.82. The number of esters is 1. The largest absolute Gasteiger partial charge is 0.507 e. The molecule has 0 bridgehead atoms. The van der Waals surface area contributed by atoms with Gasteiger partial charge in [0.1, 0.15) is 11.5 Å². The van der Waals surface area contributed by atoms with Crippen LogP contribution in [0.15, 0.2) is 72.8 Å². The zero-order chi connectivity index (χ0) is 25.4. The van der Waals surface area contributed by atoms with E-state index in [1.54, 1.807) is 6.07 Å². The van der Waals surface area contributed by atoms with E-state index in [1.165, 1.54) is 0 Å². The van der Waals surface area contributed by atoms with Gasteiger partial charge in [-0.25, -0.2) is 4.79 Å². The van der Waals surface area contributed by atoms with Gasteiger partial charge in [-0.2, -0.15) is 0 Å². The lowest BCUT2D eigenvalue weighted by Crippen LogP contribution is -2.29. The van der Waals surface area contributed by atoms with Gasteiger partial charge < -0.3 is 14.9 Å². The van der Waals surface area contributed by atoms with Crippen molar-refractivity contribution in [3.05, 3.63) is 117 Å². The molecule has 6 rings (SSSR count). The number of hydrogen-bond acceptors (Lipinski definition) is 4. The molecule has 1 aliphatic rings. The first-order valence-electron chi connectivity index (χ1n) is 12.0. The molecule has 0 aliphatic carbocycles. The summed E-state index contributed by atoms with van der Waals surface area (Å²) in [6, 6.07) is 23.5. The molecule has 0 radical (unpaired) electrons. The topological polar surface area (TPSA) is 66.8 Å². The Morgan fingerprint density at radius 2 is 1.17 bits per heavy atom. The van der Waals surface area contributed by atoms with Crippen LogP contribution in [0.4, 0.5) is 0 Å². The van der Waals surface area contributed by atoms with E-state index in [9.17, 15) is 15.0 Å². The summed E-state index contributed by atoms with van der Waals surface area (Å²) < 4.78 is 6.32. The Morgan fingerprint density at radius 3 is 1.69 bits per heavy atom. The highest BCUT2D eigenvalue weighted by molar-refractivity contribution is 5.98. The normalized spacial score (nSPS) is 14.3. The van der Waals surface area contributed by atoms with Gasteiger partial charge in [0.15, 0.2) is 5.60 Å². The van der Waals surface area contributed by atoms with Crippen molar-refractivity contribution in [2.24, 2.45) is 0 Å². The van der Waals surface area contributed by atoms with Crippen molar-refractivity contribution in [2.45, 2.75) is 33.3 Å². The molecular formula is C32H26O4. The zero-order valence-corrected chi connectivity index (χ0v) is 20.6. The molecule has 1 heterocycles. The molecule has 2 N–H and O–H groups in total. The van der Waals surface area contributed by atoms with Crippen LogP contribution in [0.3, 0.4) is 0 Å². The Balaban J connectivity index is 1.69. The van der Waals surface area contributed by atoms with Gasteiger partial charge in [0.25, 0.3) is 0 Å². The third kappa shape index (κ3) is 2.91. The number of aryl methyl sites for hydroxylation is 4. The van der Waals surface area contributed by atoms with E-state index in [4.69, 9.17) is 4.74 Å². The molecule has 0 fully saturated rings. The van der Waals surface area contributed by atoms with Crippen LogP contribution in [-0.4, -0.2) is 16.2 Å². The minimum absolute atomic E-state index is 0.297. The fourth-order valence-corrected chi connectivity index (χ4v) is 5.75. The summed E-state index contributed by atoms with van der Waals surface area (Å²) in [5, 5.41) is 24.8. The van der Waals surface area contributed by atoms with Gasteiger partial charge in [-0.15, -0.1) is 0 Å². The summed E-state index contributed by atoms with van der Waals surface area (Å²) >= 11 is 0. The zero-order valence-electron chi connectivity index (χ0n) is 20.6. The lowest BCUT2D eigenvalue weighted by atomic mass is 9.78. The Kier molecular flexibility index (Phi) is 4.68. The number of carbonyl (C=O) groups excluding carboxylic acids is 1. The van der Waals surface area contributed by atoms with E-state index in [1.807, 2.05) is 82.3 Å². The van der Waals surface area contributed by atoms with E-state index in [-0.39, 0.29) is 5.97 Å². The second-order valence-corrected chi connectivity index (χ2v) is 9.82. The van der Waals surface area contributed by atoms with Gasteiger partial charge in [0.2, 0.25) is 0 Å². The molecule has 4 heteroatoms. The van der Waals surface area contributed by atoms with E-state index in [2.05, 4.69) is 12.1 Å². The Hall–Kier alpha value is -4.31. The summed E-state index contributed by atoms with van der Waals surface area (Å²) in [6.07, 6.45) is 0. The Morgan fingerprint density at radius 1 is 0.667 bits per heavy atom. The molecule has 178 valence electrons. The summed E-state index contributed by atoms with van der Waals surface area (Å²) in [7, 11) is 0. The average Bonchev–Trinajstić information content (AvgIpc) is 3.19. The van der Waals surface area contributed by atoms with Crippen molar-refractivity contribution in [3.8, 4) is 11.5 Å². The number of phenols is 2. The number of benzene rings is 5. The third-order valence-corrected chi connectivity index (χ3v) is 7.70. The molecule has 0 spiro atoms. The fourth-order valence-electron chi connectivity index (χ4n) is 5.75. The summed E-state index contributed by atoms with van der Waals surface area (Å²) in [5.41, 5.74) is 5.14. The number of ether oxygens (including phenoxy) is 1. The van der Waals surface area contributed by atoms with E-state index >= 15 is 0 Å². The van der Waals surface area contributed by atoms with Gasteiger partial charge in [-0.1, -0.05) is 42.5 Å². The molecule has 4 nitrogen and oxygen atoms in total. The molecule has 36 heavy (non-hydrogen) atoms. The minimum atomic E-state index is -1.13. The van der Waals surface area contributed by atoms with Crippen LogP contribution in [0, 0.1) is 27.7 Å². The summed E-state index contributed by atoms with van der Waals surface area (Å²) in [4.78, 5) is 13.2. The summed E-state index contributed by atoms with van der Waals surface area (Å²) in [6.45, 7) is 7.60. The first-order chi connectivity index (χ1) is 17.2. The highest BCUT2D eigenvalue weighted by Crippen LogP contribution is 2.49. The monoisotopic (exact) mass is 474 g/mol. The molecule has 5 aromatic rings. The predicted molar refractivity (Wildman–Crippen MR) is 142 cm³/mol. The standard InChI is InChI=1S/C32H26O4/c1-17-13-21-15-23(9-11-25(21)19(3)29(17)33)32(28-8-6-5-7-27(28)31(35)36-32)24-10-12-26-20(4)30(34)18(2)14-22(26)16-24/h5-16,33-34H,1-4H3. The van der Waals surface area contributed by atoms with Crippen molar-refractivity contribution in [2.75, 3.05) is 0 Å². The van der Waals surface area contributed by atoms with Gasteiger partial charge in [-0.3, -0.25) is 0 Å². The van der Waals surface area contributed by atoms with E-state index < -0.39 is 5.60 Å². The van der Waals surface area contributed by atoms with Gasteiger partial charge in [0.05, 0.1) is 5.56 Å². The van der Waals surface area contributed by atoms with Crippen LogP contribution in [0.1, 0.15) is 49.3 Å². The van der Waals surface area contributed by atoms with Gasteiger partial charge in [0, 0.05) is 16.7 Å². The number of fused-ring (bicyclic) bond motifs is 3. The first-order valence-corrected chi connectivity index (χ1v) is 12.0. The number of phenolic OH excluding ortho intramolecular Hbond substituents is 2. The lowest BCUT2D eigenvalue weighted by molar-refractivity contribution is 0.0252. The fraction of sp³-hybridized carbons (Fsp3) is 0.156. The number of hydrogen-bond donors (Lipinski definition) is 2. The maximum absolute atomic E-state index is 13.2. The molecule has 0 amide bonds. The van der Waals surface area contributed by atoms with Crippen LogP contribution in [0.2, 0.25) is 0 Å². The van der Waals surface area contributed by atoms with Crippen LogP contribution >= 0.6 is 0 Å². The summed E-state index contributed by atoms with van der Waals surface area (Å²) in [5.74, 6) is 0.235.